The molecule has 0 fully saturated rings. The fraction of sp³-hybridized carbons (Fsp3) is 0.250. The lowest BCUT2D eigenvalue weighted by Gasteiger charge is -2.10. The monoisotopic (exact) mass is 359 g/mol. The number of benzene rings is 1. The summed E-state index contributed by atoms with van der Waals surface area (Å²) in [5.74, 6) is 0.152. The Morgan fingerprint density at radius 2 is 2.21 bits per heavy atom. The van der Waals surface area contributed by atoms with Crippen LogP contribution in [0.4, 0.5) is 5.13 Å². The summed E-state index contributed by atoms with van der Waals surface area (Å²) in [6.45, 7) is 4.01. The number of carbonyl (C=O) groups is 1. The fourth-order valence-electron chi connectivity index (χ4n) is 2.23. The Morgan fingerprint density at radius 3 is 2.96 bits per heavy atom. The van der Waals surface area contributed by atoms with Crippen molar-refractivity contribution >= 4 is 34.1 Å². The van der Waals surface area contributed by atoms with Crippen molar-refractivity contribution in [1.82, 2.24) is 19.7 Å². The van der Waals surface area contributed by atoms with Gasteiger partial charge in [-0.3, -0.25) is 9.36 Å². The Kier molecular flexibility index (Phi) is 5.27. The second-order valence-corrected chi connectivity index (χ2v) is 6.90. The number of aromatic nitrogens is 4. The van der Waals surface area contributed by atoms with Gasteiger partial charge in [-0.25, -0.2) is 4.98 Å². The molecular weight excluding hydrogens is 342 g/mol. The van der Waals surface area contributed by atoms with Gasteiger partial charge in [-0.2, -0.15) is 0 Å². The van der Waals surface area contributed by atoms with Crippen molar-refractivity contribution < 1.29 is 4.79 Å². The van der Waals surface area contributed by atoms with E-state index in [0.717, 1.165) is 17.8 Å². The molecule has 0 aliphatic carbocycles. The maximum atomic E-state index is 12.1. The van der Waals surface area contributed by atoms with E-state index in [0.29, 0.717) is 10.3 Å². The van der Waals surface area contributed by atoms with Gasteiger partial charge in [0.15, 0.2) is 10.3 Å². The highest BCUT2D eigenvalue weighted by atomic mass is 32.2. The SMILES string of the molecule is CCc1ccccc1-n1cnnc1SCC(=O)Nc1nc(C)cs1. The Balaban J connectivity index is 1.68. The van der Waals surface area contributed by atoms with E-state index in [9.17, 15) is 4.79 Å². The molecule has 0 spiro atoms. The summed E-state index contributed by atoms with van der Waals surface area (Å²) in [6, 6.07) is 8.12. The smallest absolute Gasteiger partial charge is 0.236 e. The summed E-state index contributed by atoms with van der Waals surface area (Å²) >= 11 is 2.78. The van der Waals surface area contributed by atoms with E-state index in [1.54, 1.807) is 6.33 Å². The molecule has 0 aliphatic heterocycles. The molecule has 8 heteroatoms. The van der Waals surface area contributed by atoms with Crippen LogP contribution in [0.5, 0.6) is 0 Å². The number of para-hydroxylation sites is 1. The number of nitrogens with zero attached hydrogens (tertiary/aromatic N) is 4. The van der Waals surface area contributed by atoms with E-state index >= 15 is 0 Å². The highest BCUT2D eigenvalue weighted by Crippen LogP contribution is 2.23. The average Bonchev–Trinajstić information content (AvgIpc) is 3.21. The molecule has 0 saturated heterocycles. The summed E-state index contributed by atoms with van der Waals surface area (Å²) in [4.78, 5) is 16.3. The Bertz CT molecular complexity index is 842. The van der Waals surface area contributed by atoms with Gasteiger partial charge in [-0.15, -0.1) is 21.5 Å². The molecule has 0 atom stereocenters. The van der Waals surface area contributed by atoms with Crippen molar-refractivity contribution in [1.29, 1.82) is 0 Å². The molecule has 124 valence electrons. The van der Waals surface area contributed by atoms with Crippen LogP contribution in [0.25, 0.3) is 5.69 Å². The predicted molar refractivity (Wildman–Crippen MR) is 96.9 cm³/mol. The summed E-state index contributed by atoms with van der Waals surface area (Å²) in [5, 5.41) is 14.1. The van der Waals surface area contributed by atoms with Gasteiger partial charge in [0.25, 0.3) is 0 Å². The molecular formula is C16H17N5OS2. The van der Waals surface area contributed by atoms with Gasteiger partial charge in [-0.1, -0.05) is 36.9 Å². The van der Waals surface area contributed by atoms with Crippen LogP contribution in [0, 0.1) is 6.92 Å². The highest BCUT2D eigenvalue weighted by molar-refractivity contribution is 7.99. The third kappa shape index (κ3) is 3.82. The van der Waals surface area contributed by atoms with Crippen molar-refractivity contribution in [2.24, 2.45) is 0 Å². The van der Waals surface area contributed by atoms with Crippen molar-refractivity contribution in [3.8, 4) is 5.69 Å². The first-order chi connectivity index (χ1) is 11.7. The zero-order valence-corrected chi connectivity index (χ0v) is 15.0. The zero-order chi connectivity index (χ0) is 16.9. The van der Waals surface area contributed by atoms with Crippen LogP contribution in [0.15, 0.2) is 41.1 Å². The van der Waals surface area contributed by atoms with Crippen LogP contribution >= 0.6 is 23.1 Å². The lowest BCUT2D eigenvalue weighted by atomic mass is 10.1. The lowest BCUT2D eigenvalue weighted by Crippen LogP contribution is -2.14. The van der Waals surface area contributed by atoms with E-state index < -0.39 is 0 Å². The van der Waals surface area contributed by atoms with E-state index in [1.165, 1.54) is 28.7 Å². The summed E-state index contributed by atoms with van der Waals surface area (Å²) in [5.41, 5.74) is 3.16. The third-order valence-corrected chi connectivity index (χ3v) is 5.16. The van der Waals surface area contributed by atoms with Crippen LogP contribution in [0.3, 0.4) is 0 Å². The Morgan fingerprint density at radius 1 is 1.38 bits per heavy atom. The molecule has 0 aliphatic rings. The Hall–Kier alpha value is -2.19. The number of hydrogen-bond donors (Lipinski definition) is 1. The van der Waals surface area contributed by atoms with Crippen molar-refractivity contribution in [2.75, 3.05) is 11.1 Å². The lowest BCUT2D eigenvalue weighted by molar-refractivity contribution is -0.113. The van der Waals surface area contributed by atoms with Crippen LogP contribution in [-0.4, -0.2) is 31.4 Å². The first kappa shape index (κ1) is 16.7. The molecule has 0 saturated carbocycles. The fourth-order valence-corrected chi connectivity index (χ4v) is 3.66. The maximum absolute atomic E-state index is 12.1. The van der Waals surface area contributed by atoms with Gasteiger partial charge in [0.05, 0.1) is 17.1 Å². The van der Waals surface area contributed by atoms with Crippen LogP contribution in [-0.2, 0) is 11.2 Å². The minimum atomic E-state index is -0.104. The van der Waals surface area contributed by atoms with E-state index in [2.05, 4.69) is 33.5 Å². The average molecular weight is 359 g/mol. The molecule has 2 heterocycles. The van der Waals surface area contributed by atoms with Crippen LogP contribution < -0.4 is 5.32 Å². The van der Waals surface area contributed by atoms with Crippen molar-refractivity contribution in [3.05, 3.63) is 47.2 Å². The van der Waals surface area contributed by atoms with Gasteiger partial charge in [-0.05, 0) is 25.0 Å². The van der Waals surface area contributed by atoms with E-state index in [1.807, 2.05) is 35.1 Å². The number of carbonyl (C=O) groups excluding carboxylic acids is 1. The molecule has 2 aromatic heterocycles. The molecule has 0 bridgehead atoms. The molecule has 3 rings (SSSR count). The topological polar surface area (TPSA) is 72.7 Å². The van der Waals surface area contributed by atoms with Gasteiger partial charge in [0.1, 0.15) is 6.33 Å². The number of anilines is 1. The van der Waals surface area contributed by atoms with Gasteiger partial charge >= 0.3 is 0 Å². The number of thiazole rings is 1. The Labute approximate surface area is 148 Å². The van der Waals surface area contributed by atoms with Crippen molar-refractivity contribution in [3.63, 3.8) is 0 Å². The van der Waals surface area contributed by atoms with Crippen LogP contribution in [0.1, 0.15) is 18.2 Å². The second kappa shape index (κ2) is 7.59. The maximum Gasteiger partial charge on any atom is 0.236 e. The van der Waals surface area contributed by atoms with Crippen LogP contribution in [0.2, 0.25) is 0 Å². The number of aryl methyl sites for hydroxylation is 2. The standard InChI is InChI=1S/C16H17N5OS2/c1-3-12-6-4-5-7-13(12)21-10-17-20-16(21)24-9-14(22)19-15-18-11(2)8-23-15/h4-8,10H,3,9H2,1-2H3,(H,18,19,22). The minimum Gasteiger partial charge on any atom is -0.301 e. The first-order valence-electron chi connectivity index (χ1n) is 7.50. The number of amides is 1. The molecule has 0 radical (unpaired) electrons. The number of nitrogens with one attached hydrogen (secondary N) is 1. The van der Waals surface area contributed by atoms with Gasteiger partial charge < -0.3 is 5.32 Å². The largest absolute Gasteiger partial charge is 0.301 e. The molecule has 1 aromatic carbocycles. The zero-order valence-electron chi connectivity index (χ0n) is 13.4. The number of hydrogen-bond acceptors (Lipinski definition) is 6. The van der Waals surface area contributed by atoms with Gasteiger partial charge in [0, 0.05) is 5.38 Å². The van der Waals surface area contributed by atoms with E-state index in [-0.39, 0.29) is 11.7 Å². The number of rotatable bonds is 6. The normalized spacial score (nSPS) is 10.8. The minimum absolute atomic E-state index is 0.104. The molecule has 24 heavy (non-hydrogen) atoms. The molecule has 1 amide bonds. The quantitative estimate of drug-likeness (QED) is 0.684. The molecule has 0 unspecified atom stereocenters. The van der Waals surface area contributed by atoms with Gasteiger partial charge in [0.2, 0.25) is 5.91 Å². The molecule has 1 N–H and O–H groups in total. The van der Waals surface area contributed by atoms with Crippen molar-refractivity contribution in [2.45, 2.75) is 25.4 Å². The first-order valence-corrected chi connectivity index (χ1v) is 9.37. The summed E-state index contributed by atoms with van der Waals surface area (Å²) in [7, 11) is 0. The third-order valence-electron chi connectivity index (χ3n) is 3.35. The number of thioether (sulfide) groups is 1. The van der Waals surface area contributed by atoms with E-state index in [4.69, 9.17) is 0 Å². The second-order valence-electron chi connectivity index (χ2n) is 5.10. The summed E-state index contributed by atoms with van der Waals surface area (Å²) < 4.78 is 1.92. The molecule has 3 aromatic rings. The summed E-state index contributed by atoms with van der Waals surface area (Å²) in [6.07, 6.45) is 2.60. The highest BCUT2D eigenvalue weighted by Gasteiger charge is 2.13. The molecule has 6 nitrogen and oxygen atoms in total. The predicted octanol–water partition coefficient (Wildman–Crippen LogP) is 3.33.